The molecule has 0 fully saturated rings. The van der Waals surface area contributed by atoms with Crippen molar-refractivity contribution in [2.45, 2.75) is 32.9 Å². The third-order valence-corrected chi connectivity index (χ3v) is 4.75. The van der Waals surface area contributed by atoms with Crippen molar-refractivity contribution in [2.75, 3.05) is 0 Å². The van der Waals surface area contributed by atoms with E-state index in [1.807, 2.05) is 18.5 Å². The summed E-state index contributed by atoms with van der Waals surface area (Å²) >= 11 is 1.79. The van der Waals surface area contributed by atoms with Crippen LogP contribution in [0.25, 0.3) is 11.0 Å². The molecule has 1 atom stereocenters. The number of nitrogens with zero attached hydrogens (tertiary/aromatic N) is 2. The van der Waals surface area contributed by atoms with Crippen molar-refractivity contribution in [3.63, 3.8) is 0 Å². The van der Waals surface area contributed by atoms with Crippen LogP contribution < -0.4 is 5.32 Å². The van der Waals surface area contributed by atoms with Gasteiger partial charge < -0.3 is 10.3 Å². The number of aryl methyl sites for hydroxylation is 1. The van der Waals surface area contributed by atoms with E-state index in [1.165, 1.54) is 15.8 Å². The van der Waals surface area contributed by atoms with Crippen LogP contribution >= 0.6 is 11.3 Å². The summed E-state index contributed by atoms with van der Waals surface area (Å²) in [7, 11) is 0. The van der Waals surface area contributed by atoms with Crippen LogP contribution in [-0.4, -0.2) is 15.0 Å². The Morgan fingerprint density at radius 2 is 2.30 bits per heavy atom. The molecule has 3 heterocycles. The number of H-pyrrole nitrogens is 1. The molecule has 2 N–H and O–H groups in total. The standard InChI is InChI=1S/C15H18N4S/c1-3-12-9-19-15(20-12)10(2)17-7-11-8-18-14-13(11)5-4-6-16-14/h4-6,8-10,17H,3,7H2,1-2H3,(H,16,18). The summed E-state index contributed by atoms with van der Waals surface area (Å²) in [5.41, 5.74) is 2.19. The quantitative estimate of drug-likeness (QED) is 0.755. The van der Waals surface area contributed by atoms with Crippen LogP contribution in [0, 0.1) is 0 Å². The number of hydrogen-bond acceptors (Lipinski definition) is 4. The Balaban J connectivity index is 1.69. The van der Waals surface area contributed by atoms with Crippen molar-refractivity contribution < 1.29 is 0 Å². The topological polar surface area (TPSA) is 53.6 Å². The predicted octanol–water partition coefficient (Wildman–Crippen LogP) is 3.43. The summed E-state index contributed by atoms with van der Waals surface area (Å²) in [6.07, 6.45) is 6.86. The molecule has 3 aromatic heterocycles. The molecule has 3 rings (SSSR count). The smallest absolute Gasteiger partial charge is 0.137 e. The third kappa shape index (κ3) is 2.59. The van der Waals surface area contributed by atoms with Crippen molar-refractivity contribution in [1.29, 1.82) is 0 Å². The lowest BCUT2D eigenvalue weighted by atomic mass is 10.2. The number of fused-ring (bicyclic) bond motifs is 1. The van der Waals surface area contributed by atoms with E-state index >= 15 is 0 Å². The maximum absolute atomic E-state index is 4.49. The molecule has 3 aromatic rings. The minimum atomic E-state index is 0.266. The average molecular weight is 286 g/mol. The van der Waals surface area contributed by atoms with Gasteiger partial charge in [-0.15, -0.1) is 11.3 Å². The first-order valence-electron chi connectivity index (χ1n) is 6.87. The number of pyridine rings is 1. The zero-order valence-electron chi connectivity index (χ0n) is 11.7. The van der Waals surface area contributed by atoms with Crippen molar-refractivity contribution in [3.8, 4) is 0 Å². The highest BCUT2D eigenvalue weighted by Gasteiger charge is 2.11. The van der Waals surface area contributed by atoms with Crippen LogP contribution in [-0.2, 0) is 13.0 Å². The van der Waals surface area contributed by atoms with Crippen molar-refractivity contribution in [2.24, 2.45) is 0 Å². The largest absolute Gasteiger partial charge is 0.346 e. The van der Waals surface area contributed by atoms with Crippen LogP contribution in [0.3, 0.4) is 0 Å². The Morgan fingerprint density at radius 1 is 1.40 bits per heavy atom. The van der Waals surface area contributed by atoms with Crippen molar-refractivity contribution in [1.82, 2.24) is 20.3 Å². The van der Waals surface area contributed by atoms with Gasteiger partial charge in [-0.1, -0.05) is 6.92 Å². The molecule has 5 heteroatoms. The molecular weight excluding hydrogens is 268 g/mol. The molecule has 0 aromatic carbocycles. The monoisotopic (exact) mass is 286 g/mol. The summed E-state index contributed by atoms with van der Waals surface area (Å²) in [4.78, 5) is 13.3. The van der Waals surface area contributed by atoms with Gasteiger partial charge in [0.25, 0.3) is 0 Å². The van der Waals surface area contributed by atoms with Gasteiger partial charge in [-0.05, 0) is 31.0 Å². The first-order valence-corrected chi connectivity index (χ1v) is 7.68. The SMILES string of the molecule is CCc1cnc(C(C)NCc2c[nH]c3ncccc23)s1. The molecule has 0 spiro atoms. The number of aromatic nitrogens is 3. The van der Waals surface area contributed by atoms with E-state index in [-0.39, 0.29) is 6.04 Å². The summed E-state index contributed by atoms with van der Waals surface area (Å²) < 4.78 is 0. The number of rotatable bonds is 5. The Morgan fingerprint density at radius 3 is 3.10 bits per heavy atom. The van der Waals surface area contributed by atoms with E-state index in [9.17, 15) is 0 Å². The first-order chi connectivity index (χ1) is 9.78. The van der Waals surface area contributed by atoms with Gasteiger partial charge >= 0.3 is 0 Å². The molecule has 20 heavy (non-hydrogen) atoms. The molecule has 4 nitrogen and oxygen atoms in total. The molecule has 0 saturated carbocycles. The van der Waals surface area contributed by atoms with E-state index in [1.54, 1.807) is 17.5 Å². The molecular formula is C15H18N4S. The second-order valence-electron chi connectivity index (χ2n) is 4.83. The first kappa shape index (κ1) is 13.3. The molecule has 0 radical (unpaired) electrons. The van der Waals surface area contributed by atoms with Crippen LogP contribution in [0.15, 0.2) is 30.7 Å². The third-order valence-electron chi connectivity index (χ3n) is 3.43. The van der Waals surface area contributed by atoms with Crippen LogP contribution in [0.2, 0.25) is 0 Å². The Hall–Kier alpha value is -1.72. The van der Waals surface area contributed by atoms with Gasteiger partial charge in [0.05, 0.1) is 6.04 Å². The zero-order chi connectivity index (χ0) is 13.9. The van der Waals surface area contributed by atoms with Gasteiger partial charge in [0, 0.05) is 35.4 Å². The van der Waals surface area contributed by atoms with Crippen molar-refractivity contribution in [3.05, 3.63) is 46.2 Å². The number of hydrogen-bond donors (Lipinski definition) is 2. The van der Waals surface area contributed by atoms with Crippen LogP contribution in [0.1, 0.15) is 35.3 Å². The molecule has 1 unspecified atom stereocenters. The van der Waals surface area contributed by atoms with Gasteiger partial charge in [0.15, 0.2) is 0 Å². The van der Waals surface area contributed by atoms with E-state index < -0.39 is 0 Å². The molecule has 0 bridgehead atoms. The summed E-state index contributed by atoms with van der Waals surface area (Å²) in [5, 5.41) is 5.86. The van der Waals surface area contributed by atoms with Crippen molar-refractivity contribution >= 4 is 22.4 Å². The molecule has 104 valence electrons. The van der Waals surface area contributed by atoms with Gasteiger partial charge in [0.1, 0.15) is 10.7 Å². The minimum absolute atomic E-state index is 0.266. The van der Waals surface area contributed by atoms with E-state index in [2.05, 4.69) is 40.2 Å². The second kappa shape index (κ2) is 5.73. The number of nitrogens with one attached hydrogen (secondary N) is 2. The highest BCUT2D eigenvalue weighted by molar-refractivity contribution is 7.11. The maximum Gasteiger partial charge on any atom is 0.137 e. The summed E-state index contributed by atoms with van der Waals surface area (Å²) in [6.45, 7) is 5.13. The molecule has 0 aliphatic carbocycles. The lowest BCUT2D eigenvalue weighted by Gasteiger charge is -2.10. The molecule has 0 aliphatic rings. The van der Waals surface area contributed by atoms with Crippen LogP contribution in [0.5, 0.6) is 0 Å². The fourth-order valence-electron chi connectivity index (χ4n) is 2.20. The average Bonchev–Trinajstić information content (AvgIpc) is 3.11. The fourth-order valence-corrected chi connectivity index (χ4v) is 3.08. The Labute approximate surface area is 122 Å². The van der Waals surface area contributed by atoms with Crippen LogP contribution in [0.4, 0.5) is 0 Å². The Bertz CT molecular complexity index is 701. The highest BCUT2D eigenvalue weighted by Crippen LogP contribution is 2.21. The molecule has 0 aliphatic heterocycles. The predicted molar refractivity (Wildman–Crippen MR) is 82.8 cm³/mol. The Kier molecular flexibility index (Phi) is 3.80. The van der Waals surface area contributed by atoms with Gasteiger partial charge in [-0.2, -0.15) is 0 Å². The summed E-state index contributed by atoms with van der Waals surface area (Å²) in [5.74, 6) is 0. The van der Waals surface area contributed by atoms with Gasteiger partial charge in [-0.25, -0.2) is 9.97 Å². The summed E-state index contributed by atoms with van der Waals surface area (Å²) in [6, 6.07) is 4.33. The normalized spacial score (nSPS) is 12.9. The highest BCUT2D eigenvalue weighted by atomic mass is 32.1. The zero-order valence-corrected chi connectivity index (χ0v) is 12.5. The maximum atomic E-state index is 4.49. The minimum Gasteiger partial charge on any atom is -0.346 e. The fraction of sp³-hybridized carbons (Fsp3) is 0.333. The lowest BCUT2D eigenvalue weighted by molar-refractivity contribution is 0.573. The number of aromatic amines is 1. The van der Waals surface area contributed by atoms with Gasteiger partial charge in [0.2, 0.25) is 0 Å². The molecule has 0 saturated heterocycles. The molecule has 0 amide bonds. The van der Waals surface area contributed by atoms with E-state index in [0.29, 0.717) is 0 Å². The second-order valence-corrected chi connectivity index (χ2v) is 5.98. The lowest BCUT2D eigenvalue weighted by Crippen LogP contribution is -2.17. The number of thiazole rings is 1. The van der Waals surface area contributed by atoms with E-state index in [4.69, 9.17) is 0 Å². The van der Waals surface area contributed by atoms with E-state index in [0.717, 1.165) is 23.6 Å². The van der Waals surface area contributed by atoms with Gasteiger partial charge in [-0.3, -0.25) is 0 Å².